The summed E-state index contributed by atoms with van der Waals surface area (Å²) in [4.78, 5) is 25.7. The number of ether oxygens (including phenoxy) is 1. The van der Waals surface area contributed by atoms with E-state index in [1.807, 2.05) is 0 Å². The molecule has 0 spiro atoms. The predicted octanol–water partition coefficient (Wildman–Crippen LogP) is 0.649. The zero-order chi connectivity index (χ0) is 18.5. The van der Waals surface area contributed by atoms with Crippen molar-refractivity contribution in [3.63, 3.8) is 0 Å². The number of sulfonamides is 1. The summed E-state index contributed by atoms with van der Waals surface area (Å²) in [5, 5.41) is 2.67. The number of hydrogen-bond donors (Lipinski definition) is 1. The lowest BCUT2D eigenvalue weighted by Crippen LogP contribution is -2.50. The molecule has 2 heterocycles. The number of carbonyl (C=O) groups excluding carboxylic acids is 2. The molecule has 0 radical (unpaired) electrons. The second-order valence-electron chi connectivity index (χ2n) is 6.91. The molecule has 1 atom stereocenters. The monoisotopic (exact) mass is 379 g/mol. The molecule has 0 bridgehead atoms. The van der Waals surface area contributed by atoms with Gasteiger partial charge in [-0.15, -0.1) is 0 Å². The third-order valence-corrected chi connectivity index (χ3v) is 6.89. The molecule has 1 aliphatic carbocycles. The Labute approximate surface area is 152 Å². The first-order valence-corrected chi connectivity index (χ1v) is 10.2. The van der Waals surface area contributed by atoms with Crippen LogP contribution in [-0.2, 0) is 19.6 Å². The highest BCUT2D eigenvalue weighted by molar-refractivity contribution is 7.89. The first-order chi connectivity index (χ1) is 12.4. The molecule has 26 heavy (non-hydrogen) atoms. The average molecular weight is 379 g/mol. The van der Waals surface area contributed by atoms with Crippen LogP contribution in [0.5, 0.6) is 5.75 Å². The number of piperazine rings is 1. The summed E-state index contributed by atoms with van der Waals surface area (Å²) >= 11 is 0. The Morgan fingerprint density at radius 3 is 2.54 bits per heavy atom. The van der Waals surface area contributed by atoms with Crippen LogP contribution in [0.15, 0.2) is 23.1 Å². The van der Waals surface area contributed by atoms with Crippen LogP contribution in [0.2, 0.25) is 0 Å². The molecule has 3 aliphatic rings. The van der Waals surface area contributed by atoms with Crippen molar-refractivity contribution in [1.82, 2.24) is 9.21 Å². The van der Waals surface area contributed by atoms with Crippen LogP contribution in [0, 0.1) is 5.92 Å². The second kappa shape index (κ2) is 6.24. The minimum absolute atomic E-state index is 0.108. The zero-order valence-corrected chi connectivity index (χ0v) is 15.3. The van der Waals surface area contributed by atoms with Crippen LogP contribution in [0.1, 0.15) is 19.8 Å². The van der Waals surface area contributed by atoms with Crippen molar-refractivity contribution in [2.75, 3.05) is 31.5 Å². The van der Waals surface area contributed by atoms with Gasteiger partial charge in [0.05, 0.1) is 10.6 Å². The van der Waals surface area contributed by atoms with E-state index in [0.717, 1.165) is 12.8 Å². The zero-order valence-electron chi connectivity index (χ0n) is 14.5. The number of amides is 2. The SMILES string of the molecule is C[C@@H]1Oc2ccc(S(=O)(=O)N3CCN(C(=O)C4CC4)CC3)cc2NC1=O. The van der Waals surface area contributed by atoms with E-state index in [2.05, 4.69) is 5.32 Å². The Bertz CT molecular complexity index is 857. The van der Waals surface area contributed by atoms with Gasteiger partial charge in [-0.05, 0) is 38.0 Å². The summed E-state index contributed by atoms with van der Waals surface area (Å²) < 4.78 is 32.7. The van der Waals surface area contributed by atoms with Crippen molar-refractivity contribution in [1.29, 1.82) is 0 Å². The van der Waals surface area contributed by atoms with Gasteiger partial charge in [-0.2, -0.15) is 4.31 Å². The maximum Gasteiger partial charge on any atom is 0.265 e. The van der Waals surface area contributed by atoms with Crippen LogP contribution in [0.4, 0.5) is 5.69 Å². The number of nitrogens with one attached hydrogen (secondary N) is 1. The van der Waals surface area contributed by atoms with E-state index in [9.17, 15) is 18.0 Å². The number of nitrogens with zero attached hydrogens (tertiary/aromatic N) is 2. The fourth-order valence-electron chi connectivity index (χ4n) is 3.23. The summed E-state index contributed by atoms with van der Waals surface area (Å²) in [6.45, 7) is 3.01. The molecule has 140 valence electrons. The highest BCUT2D eigenvalue weighted by atomic mass is 32.2. The van der Waals surface area contributed by atoms with E-state index in [-0.39, 0.29) is 35.7 Å². The van der Waals surface area contributed by atoms with Crippen LogP contribution >= 0.6 is 0 Å². The van der Waals surface area contributed by atoms with E-state index in [0.29, 0.717) is 24.5 Å². The fraction of sp³-hybridized carbons (Fsp3) is 0.529. The second-order valence-corrected chi connectivity index (χ2v) is 8.85. The maximum atomic E-state index is 12.9. The molecule has 1 N–H and O–H groups in total. The Morgan fingerprint density at radius 1 is 1.19 bits per heavy atom. The van der Waals surface area contributed by atoms with Gasteiger partial charge in [0.2, 0.25) is 15.9 Å². The standard InChI is InChI=1S/C17H21N3O5S/c1-11-16(21)18-14-10-13(4-5-15(14)25-11)26(23,24)20-8-6-19(7-9-20)17(22)12-2-3-12/h4-5,10-12H,2-3,6-9H2,1H3,(H,18,21)/t11-/m0/s1. The molecule has 2 aliphatic heterocycles. The van der Waals surface area contributed by atoms with E-state index < -0.39 is 16.1 Å². The smallest absolute Gasteiger partial charge is 0.265 e. The van der Waals surface area contributed by atoms with Crippen molar-refractivity contribution >= 4 is 27.5 Å². The van der Waals surface area contributed by atoms with Crippen LogP contribution in [0.3, 0.4) is 0 Å². The summed E-state index contributed by atoms with van der Waals surface area (Å²) in [7, 11) is -3.69. The summed E-state index contributed by atoms with van der Waals surface area (Å²) in [5.41, 5.74) is 0.358. The molecule has 4 rings (SSSR count). The van der Waals surface area contributed by atoms with Crippen LogP contribution in [-0.4, -0.2) is 61.7 Å². The van der Waals surface area contributed by atoms with Gasteiger partial charge in [-0.3, -0.25) is 9.59 Å². The third-order valence-electron chi connectivity index (χ3n) is 5.00. The summed E-state index contributed by atoms with van der Waals surface area (Å²) in [6.07, 6.45) is 1.28. The summed E-state index contributed by atoms with van der Waals surface area (Å²) in [5.74, 6) is 0.435. The van der Waals surface area contributed by atoms with Crippen LogP contribution in [0.25, 0.3) is 0 Å². The largest absolute Gasteiger partial charge is 0.479 e. The van der Waals surface area contributed by atoms with Gasteiger partial charge in [0.25, 0.3) is 5.91 Å². The van der Waals surface area contributed by atoms with Crippen molar-refractivity contribution < 1.29 is 22.7 Å². The first-order valence-electron chi connectivity index (χ1n) is 8.77. The minimum Gasteiger partial charge on any atom is -0.479 e. The van der Waals surface area contributed by atoms with Crippen LogP contribution < -0.4 is 10.1 Å². The normalized spacial score (nSPS) is 23.8. The molecule has 1 saturated carbocycles. The van der Waals surface area contributed by atoms with E-state index >= 15 is 0 Å². The molecule has 2 fully saturated rings. The van der Waals surface area contributed by atoms with Crippen molar-refractivity contribution in [3.8, 4) is 5.75 Å². The van der Waals surface area contributed by atoms with Gasteiger partial charge in [-0.1, -0.05) is 0 Å². The van der Waals surface area contributed by atoms with Gasteiger partial charge in [0, 0.05) is 32.1 Å². The highest BCUT2D eigenvalue weighted by Gasteiger charge is 2.37. The number of rotatable bonds is 3. The Hall–Kier alpha value is -2.13. The molecular formula is C17H21N3O5S. The van der Waals surface area contributed by atoms with Crippen molar-refractivity contribution in [2.24, 2.45) is 5.92 Å². The van der Waals surface area contributed by atoms with E-state index in [4.69, 9.17) is 4.74 Å². The van der Waals surface area contributed by atoms with Crippen molar-refractivity contribution in [2.45, 2.75) is 30.8 Å². The van der Waals surface area contributed by atoms with Crippen molar-refractivity contribution in [3.05, 3.63) is 18.2 Å². The number of benzene rings is 1. The fourth-order valence-corrected chi connectivity index (χ4v) is 4.68. The van der Waals surface area contributed by atoms with Gasteiger partial charge in [0.15, 0.2) is 6.10 Å². The lowest BCUT2D eigenvalue weighted by atomic mass is 10.2. The van der Waals surface area contributed by atoms with E-state index in [1.54, 1.807) is 17.9 Å². The number of carbonyl (C=O) groups is 2. The molecular weight excluding hydrogens is 358 g/mol. The topological polar surface area (TPSA) is 96.0 Å². The van der Waals surface area contributed by atoms with E-state index in [1.165, 1.54) is 16.4 Å². The molecule has 8 nitrogen and oxygen atoms in total. The maximum absolute atomic E-state index is 12.9. The molecule has 0 aromatic heterocycles. The lowest BCUT2D eigenvalue weighted by molar-refractivity contribution is -0.133. The Balaban J connectivity index is 1.50. The number of fused-ring (bicyclic) bond motifs is 1. The Kier molecular flexibility index (Phi) is 4.15. The van der Waals surface area contributed by atoms with Gasteiger partial charge in [-0.25, -0.2) is 8.42 Å². The lowest BCUT2D eigenvalue weighted by Gasteiger charge is -2.34. The Morgan fingerprint density at radius 2 is 1.88 bits per heavy atom. The third kappa shape index (κ3) is 3.05. The minimum atomic E-state index is -3.69. The molecule has 2 amide bonds. The van der Waals surface area contributed by atoms with Gasteiger partial charge in [0.1, 0.15) is 5.75 Å². The van der Waals surface area contributed by atoms with Gasteiger partial charge >= 0.3 is 0 Å². The average Bonchev–Trinajstić information content (AvgIpc) is 3.47. The number of hydrogen-bond acceptors (Lipinski definition) is 5. The first kappa shape index (κ1) is 17.3. The molecule has 1 saturated heterocycles. The molecule has 0 unspecified atom stereocenters. The number of anilines is 1. The predicted molar refractivity (Wildman–Crippen MR) is 93.2 cm³/mol. The quantitative estimate of drug-likeness (QED) is 0.832. The molecule has 1 aromatic carbocycles. The molecule has 1 aromatic rings. The molecule has 9 heteroatoms. The van der Waals surface area contributed by atoms with Gasteiger partial charge < -0.3 is 15.0 Å². The highest BCUT2D eigenvalue weighted by Crippen LogP contribution is 2.34. The summed E-state index contributed by atoms with van der Waals surface area (Å²) in [6, 6.07) is 4.47.